The van der Waals surface area contributed by atoms with Gasteiger partial charge in [0.15, 0.2) is 11.4 Å². The number of aromatic hydroxyl groups is 1. The summed E-state index contributed by atoms with van der Waals surface area (Å²) in [4.78, 5) is 31.6. The molecule has 2 aliphatic rings. The van der Waals surface area contributed by atoms with Crippen molar-refractivity contribution < 1.29 is 24.5 Å². The van der Waals surface area contributed by atoms with E-state index in [0.29, 0.717) is 60.9 Å². The molecule has 2 aromatic heterocycles. The highest BCUT2D eigenvalue weighted by Gasteiger charge is 2.32. The average Bonchev–Trinajstić information content (AvgIpc) is 3.32. The van der Waals surface area contributed by atoms with Crippen molar-refractivity contribution in [1.82, 2.24) is 25.0 Å². The van der Waals surface area contributed by atoms with Gasteiger partial charge in [0.25, 0.3) is 0 Å². The molecule has 0 atom stereocenters. The number of aromatic amines is 1. The van der Waals surface area contributed by atoms with Crippen molar-refractivity contribution in [3.05, 3.63) is 53.0 Å². The Labute approximate surface area is 176 Å². The molecule has 4 heterocycles. The topological polar surface area (TPSA) is 132 Å². The van der Waals surface area contributed by atoms with Crippen molar-refractivity contribution in [3.63, 3.8) is 0 Å². The number of pyridine rings is 1. The van der Waals surface area contributed by atoms with Crippen molar-refractivity contribution in [2.75, 3.05) is 26.2 Å². The van der Waals surface area contributed by atoms with Gasteiger partial charge in [0.05, 0.1) is 16.8 Å². The number of allylic oxidation sites excluding steroid dienone is 1. The Balaban J connectivity index is 1.42. The van der Waals surface area contributed by atoms with Gasteiger partial charge in [0.1, 0.15) is 11.5 Å². The van der Waals surface area contributed by atoms with E-state index in [1.54, 1.807) is 24.4 Å². The SMILES string of the molecule is O=C1C(=Cc2n[nH]c3ncccc23)Oc2c1ccc(O)c2CN1CCN(C(=O)O)CC1. The predicted molar refractivity (Wildman–Crippen MR) is 110 cm³/mol. The number of nitrogens with one attached hydrogen (secondary N) is 1. The van der Waals surface area contributed by atoms with Gasteiger partial charge in [-0.3, -0.25) is 14.8 Å². The van der Waals surface area contributed by atoms with Gasteiger partial charge < -0.3 is 19.8 Å². The zero-order valence-electron chi connectivity index (χ0n) is 16.4. The number of aromatic nitrogens is 3. The highest BCUT2D eigenvalue weighted by Crippen LogP contribution is 2.40. The fourth-order valence-corrected chi connectivity index (χ4v) is 3.88. The van der Waals surface area contributed by atoms with Gasteiger partial charge >= 0.3 is 6.09 Å². The molecule has 1 saturated heterocycles. The molecule has 1 fully saturated rings. The number of fused-ring (bicyclic) bond motifs is 2. The molecule has 31 heavy (non-hydrogen) atoms. The number of Topliss-reactive ketones (excluding diaryl/α,β-unsaturated/α-hetero) is 1. The van der Waals surface area contributed by atoms with Crippen molar-refractivity contribution in [1.29, 1.82) is 0 Å². The maximum atomic E-state index is 12.9. The van der Waals surface area contributed by atoms with Crippen molar-refractivity contribution in [2.45, 2.75) is 6.54 Å². The average molecular weight is 421 g/mol. The third-order valence-electron chi connectivity index (χ3n) is 5.57. The molecule has 0 radical (unpaired) electrons. The largest absolute Gasteiger partial charge is 0.507 e. The molecular formula is C21H19N5O5. The number of H-pyrrole nitrogens is 1. The van der Waals surface area contributed by atoms with E-state index in [0.717, 1.165) is 5.39 Å². The van der Waals surface area contributed by atoms with Gasteiger partial charge in [-0.05, 0) is 24.3 Å². The van der Waals surface area contributed by atoms with Crippen LogP contribution in [0, 0.1) is 0 Å². The Morgan fingerprint density at radius 3 is 2.81 bits per heavy atom. The number of hydrogen-bond donors (Lipinski definition) is 3. The zero-order chi connectivity index (χ0) is 21.5. The van der Waals surface area contributed by atoms with Crippen LogP contribution in [0.3, 0.4) is 0 Å². The molecule has 0 aliphatic carbocycles. The van der Waals surface area contributed by atoms with Crippen LogP contribution in [0.2, 0.25) is 0 Å². The van der Waals surface area contributed by atoms with E-state index in [9.17, 15) is 14.7 Å². The molecule has 5 rings (SSSR count). The van der Waals surface area contributed by atoms with E-state index in [1.807, 2.05) is 11.0 Å². The normalized spacial score (nSPS) is 17.9. The Kier molecular flexibility index (Phi) is 4.55. The van der Waals surface area contributed by atoms with Crippen LogP contribution in [0.25, 0.3) is 17.1 Å². The second-order valence-corrected chi connectivity index (χ2v) is 7.43. The molecule has 0 unspecified atom stereocenters. The highest BCUT2D eigenvalue weighted by atomic mass is 16.5. The molecule has 0 bridgehead atoms. The van der Waals surface area contributed by atoms with Crippen LogP contribution in [-0.2, 0) is 6.54 Å². The number of nitrogens with zero attached hydrogens (tertiary/aromatic N) is 4. The van der Waals surface area contributed by atoms with E-state index in [-0.39, 0.29) is 17.3 Å². The second-order valence-electron chi connectivity index (χ2n) is 7.43. The first-order valence-electron chi connectivity index (χ1n) is 9.79. The Morgan fingerprint density at radius 2 is 2.03 bits per heavy atom. The first-order valence-corrected chi connectivity index (χ1v) is 9.79. The van der Waals surface area contributed by atoms with Gasteiger partial charge in [-0.1, -0.05) is 0 Å². The number of ketones is 1. The van der Waals surface area contributed by atoms with Gasteiger partial charge in [0, 0.05) is 50.4 Å². The Morgan fingerprint density at radius 1 is 1.23 bits per heavy atom. The fourth-order valence-electron chi connectivity index (χ4n) is 3.88. The van der Waals surface area contributed by atoms with Crippen LogP contribution in [0.15, 0.2) is 36.2 Å². The van der Waals surface area contributed by atoms with E-state index in [1.165, 1.54) is 11.0 Å². The molecule has 1 aromatic carbocycles. The molecule has 3 N–H and O–H groups in total. The minimum Gasteiger partial charge on any atom is -0.507 e. The number of phenolic OH excluding ortho intramolecular Hbond substituents is 1. The summed E-state index contributed by atoms with van der Waals surface area (Å²) in [5.41, 5.74) is 2.03. The highest BCUT2D eigenvalue weighted by molar-refractivity contribution is 6.15. The number of amides is 1. The van der Waals surface area contributed by atoms with E-state index in [2.05, 4.69) is 15.2 Å². The van der Waals surface area contributed by atoms with Crippen LogP contribution < -0.4 is 4.74 Å². The smallest absolute Gasteiger partial charge is 0.407 e. The third kappa shape index (κ3) is 3.36. The van der Waals surface area contributed by atoms with Crippen LogP contribution in [0.5, 0.6) is 11.5 Å². The number of ether oxygens (including phenoxy) is 1. The fraction of sp³-hybridized carbons (Fsp3) is 0.238. The number of rotatable bonds is 3. The molecule has 0 saturated carbocycles. The van der Waals surface area contributed by atoms with Crippen LogP contribution in [0.1, 0.15) is 21.6 Å². The van der Waals surface area contributed by atoms with Gasteiger partial charge in [-0.15, -0.1) is 0 Å². The predicted octanol–water partition coefficient (Wildman–Crippen LogP) is 2.08. The molecule has 1 amide bonds. The summed E-state index contributed by atoms with van der Waals surface area (Å²) in [6.45, 7) is 2.17. The van der Waals surface area contributed by atoms with Gasteiger partial charge in [-0.25, -0.2) is 9.78 Å². The molecule has 2 aliphatic heterocycles. The minimum atomic E-state index is -0.937. The first-order chi connectivity index (χ1) is 15.0. The molecule has 0 spiro atoms. The van der Waals surface area contributed by atoms with E-state index in [4.69, 9.17) is 9.84 Å². The standard InChI is InChI=1S/C21H19N5O5/c27-16-4-3-13-18(28)17(10-15-12-2-1-5-22-20(12)24-23-15)31-19(13)14(16)11-25-6-8-26(9-7-25)21(29)30/h1-5,10,27H,6-9,11H2,(H,29,30)(H,22,23,24). The monoisotopic (exact) mass is 421 g/mol. The van der Waals surface area contributed by atoms with E-state index < -0.39 is 6.09 Å². The molecular weight excluding hydrogens is 402 g/mol. The summed E-state index contributed by atoms with van der Waals surface area (Å²) in [5.74, 6) is 0.194. The van der Waals surface area contributed by atoms with Crippen molar-refractivity contribution >= 4 is 29.0 Å². The summed E-state index contributed by atoms with van der Waals surface area (Å²) in [7, 11) is 0. The number of carboxylic acid groups (broad SMARTS) is 1. The van der Waals surface area contributed by atoms with Crippen LogP contribution in [-0.4, -0.2) is 73.2 Å². The lowest BCUT2D eigenvalue weighted by Crippen LogP contribution is -2.47. The summed E-state index contributed by atoms with van der Waals surface area (Å²) in [5, 5.41) is 27.3. The zero-order valence-corrected chi connectivity index (χ0v) is 16.4. The summed E-state index contributed by atoms with van der Waals surface area (Å²) in [6.07, 6.45) is 2.28. The molecule has 158 valence electrons. The Bertz CT molecular complexity index is 1230. The summed E-state index contributed by atoms with van der Waals surface area (Å²) >= 11 is 0. The van der Waals surface area contributed by atoms with Gasteiger partial charge in [-0.2, -0.15) is 5.10 Å². The quantitative estimate of drug-likeness (QED) is 0.548. The lowest BCUT2D eigenvalue weighted by atomic mass is 10.0. The number of carbonyl (C=O) groups is 2. The molecule has 10 heteroatoms. The third-order valence-corrected chi connectivity index (χ3v) is 5.57. The lowest BCUT2D eigenvalue weighted by Gasteiger charge is -2.33. The van der Waals surface area contributed by atoms with E-state index >= 15 is 0 Å². The lowest BCUT2D eigenvalue weighted by molar-refractivity contribution is 0.101. The Hall–Kier alpha value is -3.92. The number of hydrogen-bond acceptors (Lipinski definition) is 7. The maximum Gasteiger partial charge on any atom is 0.407 e. The van der Waals surface area contributed by atoms with Crippen molar-refractivity contribution in [3.8, 4) is 11.5 Å². The number of carbonyl (C=O) groups excluding carboxylic acids is 1. The number of piperazine rings is 1. The molecule has 3 aromatic rings. The van der Waals surface area contributed by atoms with Crippen LogP contribution in [0.4, 0.5) is 4.79 Å². The van der Waals surface area contributed by atoms with Crippen molar-refractivity contribution in [2.24, 2.45) is 0 Å². The second kappa shape index (κ2) is 7.40. The van der Waals surface area contributed by atoms with Crippen LogP contribution >= 0.6 is 0 Å². The maximum absolute atomic E-state index is 12.9. The summed E-state index contributed by atoms with van der Waals surface area (Å²) < 4.78 is 5.90. The minimum absolute atomic E-state index is 0.0304. The molecule has 10 nitrogen and oxygen atoms in total. The number of phenols is 1. The first kappa shape index (κ1) is 19.1. The van der Waals surface area contributed by atoms with Gasteiger partial charge in [0.2, 0.25) is 5.78 Å². The number of benzene rings is 1. The summed E-state index contributed by atoms with van der Waals surface area (Å²) in [6, 6.07) is 6.66.